The molecule has 6 nitrogen and oxygen atoms in total. The van der Waals surface area contributed by atoms with E-state index in [0.717, 1.165) is 0 Å². The molecule has 122 valence electrons. The summed E-state index contributed by atoms with van der Waals surface area (Å²) in [6.45, 7) is 7.97. The Balaban J connectivity index is 2.34. The van der Waals surface area contributed by atoms with Crippen molar-refractivity contribution in [1.82, 2.24) is 5.32 Å². The van der Waals surface area contributed by atoms with Gasteiger partial charge in [-0.2, -0.15) is 0 Å². The third-order valence-corrected chi connectivity index (χ3v) is 2.38. The van der Waals surface area contributed by atoms with Crippen molar-refractivity contribution in [2.45, 2.75) is 33.3 Å². The summed E-state index contributed by atoms with van der Waals surface area (Å²) >= 11 is 0. The highest BCUT2D eigenvalue weighted by Crippen LogP contribution is 2.14. The molecule has 6 heteroatoms. The van der Waals surface area contributed by atoms with Crippen molar-refractivity contribution in [1.29, 1.82) is 0 Å². The number of ether oxygens (including phenoxy) is 3. The van der Waals surface area contributed by atoms with Crippen LogP contribution >= 0.6 is 0 Å². The van der Waals surface area contributed by atoms with Crippen LogP contribution in [0.4, 0.5) is 4.79 Å². The SMILES string of the molecule is CCOc1cccc(C(=O)OCCNC(=O)OC(C)(C)C)c1. The molecule has 0 unspecified atom stereocenters. The molecule has 0 bridgehead atoms. The maximum atomic E-state index is 11.9. The van der Waals surface area contributed by atoms with Crippen molar-refractivity contribution in [3.8, 4) is 5.75 Å². The first-order valence-electron chi connectivity index (χ1n) is 7.18. The normalized spacial score (nSPS) is 10.7. The predicted octanol–water partition coefficient (Wildman–Crippen LogP) is 2.77. The molecule has 0 spiro atoms. The number of alkyl carbamates (subject to hydrolysis) is 1. The summed E-state index contributed by atoms with van der Waals surface area (Å²) in [7, 11) is 0. The Morgan fingerprint density at radius 2 is 1.95 bits per heavy atom. The zero-order valence-corrected chi connectivity index (χ0v) is 13.5. The highest BCUT2D eigenvalue weighted by atomic mass is 16.6. The molecule has 1 amide bonds. The third-order valence-electron chi connectivity index (χ3n) is 2.38. The van der Waals surface area contributed by atoms with E-state index in [4.69, 9.17) is 14.2 Å². The summed E-state index contributed by atoms with van der Waals surface area (Å²) in [5, 5.41) is 2.51. The lowest BCUT2D eigenvalue weighted by atomic mass is 10.2. The summed E-state index contributed by atoms with van der Waals surface area (Å²) in [6.07, 6.45) is -0.540. The van der Waals surface area contributed by atoms with Gasteiger partial charge in [0.2, 0.25) is 0 Å². The second kappa shape index (κ2) is 8.26. The van der Waals surface area contributed by atoms with Crippen LogP contribution in [0, 0.1) is 0 Å². The van der Waals surface area contributed by atoms with Gasteiger partial charge in [0.05, 0.1) is 18.7 Å². The molecule has 0 heterocycles. The van der Waals surface area contributed by atoms with Crippen LogP contribution in [-0.2, 0) is 9.47 Å². The van der Waals surface area contributed by atoms with Crippen LogP contribution in [0.3, 0.4) is 0 Å². The molecule has 22 heavy (non-hydrogen) atoms. The first-order valence-corrected chi connectivity index (χ1v) is 7.18. The van der Waals surface area contributed by atoms with Crippen molar-refractivity contribution in [3.05, 3.63) is 29.8 Å². The highest BCUT2D eigenvalue weighted by Gasteiger charge is 2.15. The molecule has 1 aromatic carbocycles. The standard InChI is InChI=1S/C16H23NO5/c1-5-20-13-8-6-7-12(11-13)14(18)21-10-9-17-15(19)22-16(2,3)4/h6-8,11H,5,9-10H2,1-4H3,(H,17,19). The average molecular weight is 309 g/mol. The van der Waals surface area contributed by atoms with Gasteiger partial charge in [0.1, 0.15) is 18.0 Å². The summed E-state index contributed by atoms with van der Waals surface area (Å²) in [5.41, 5.74) is -0.149. The van der Waals surface area contributed by atoms with E-state index < -0.39 is 17.7 Å². The van der Waals surface area contributed by atoms with Gasteiger partial charge >= 0.3 is 12.1 Å². The lowest BCUT2D eigenvalue weighted by Crippen LogP contribution is -2.34. The molecule has 0 saturated carbocycles. The number of nitrogens with one attached hydrogen (secondary N) is 1. The molecule has 1 N–H and O–H groups in total. The number of hydrogen-bond donors (Lipinski definition) is 1. The quantitative estimate of drug-likeness (QED) is 0.646. The maximum Gasteiger partial charge on any atom is 0.407 e. The topological polar surface area (TPSA) is 73.9 Å². The number of amides is 1. The fourth-order valence-electron chi connectivity index (χ4n) is 1.57. The van der Waals surface area contributed by atoms with Crippen molar-refractivity contribution in [3.63, 3.8) is 0 Å². The lowest BCUT2D eigenvalue weighted by Gasteiger charge is -2.19. The Morgan fingerprint density at radius 1 is 1.23 bits per heavy atom. The van der Waals surface area contributed by atoms with Crippen LogP contribution in [0.25, 0.3) is 0 Å². The first-order chi connectivity index (χ1) is 10.3. The smallest absolute Gasteiger partial charge is 0.407 e. The molecule has 0 aliphatic carbocycles. The highest BCUT2D eigenvalue weighted by molar-refractivity contribution is 5.89. The number of carbonyl (C=O) groups excluding carboxylic acids is 2. The average Bonchev–Trinajstić information content (AvgIpc) is 2.42. The van der Waals surface area contributed by atoms with E-state index in [-0.39, 0.29) is 13.2 Å². The van der Waals surface area contributed by atoms with Gasteiger partial charge in [-0.25, -0.2) is 9.59 Å². The van der Waals surface area contributed by atoms with E-state index in [2.05, 4.69) is 5.32 Å². The zero-order chi connectivity index (χ0) is 16.6. The van der Waals surface area contributed by atoms with Crippen LogP contribution < -0.4 is 10.1 Å². The molecule has 0 fully saturated rings. The first kappa shape index (κ1) is 17.8. The number of rotatable bonds is 6. The Kier molecular flexibility index (Phi) is 6.69. The molecule has 0 saturated heterocycles. The van der Waals surface area contributed by atoms with Crippen LogP contribution in [0.2, 0.25) is 0 Å². The summed E-state index contributed by atoms with van der Waals surface area (Å²) < 4.78 is 15.5. The number of esters is 1. The van der Waals surface area contributed by atoms with Gasteiger partial charge < -0.3 is 19.5 Å². The molecule has 1 aromatic rings. The van der Waals surface area contributed by atoms with Crippen LogP contribution in [0.15, 0.2) is 24.3 Å². The Bertz CT molecular complexity index is 508. The molecule has 1 rings (SSSR count). The lowest BCUT2D eigenvalue weighted by molar-refractivity contribution is 0.0433. The van der Waals surface area contributed by atoms with Gasteiger partial charge in [0.15, 0.2) is 0 Å². The van der Waals surface area contributed by atoms with Crippen LogP contribution in [-0.4, -0.2) is 37.4 Å². The molecular formula is C16H23NO5. The fraction of sp³-hybridized carbons (Fsp3) is 0.500. The van der Waals surface area contributed by atoms with Gasteiger partial charge in [-0.1, -0.05) is 6.07 Å². The molecule has 0 aliphatic heterocycles. The molecule has 0 radical (unpaired) electrons. The number of carbonyl (C=O) groups is 2. The van der Waals surface area contributed by atoms with Gasteiger partial charge in [-0.3, -0.25) is 0 Å². The van der Waals surface area contributed by atoms with E-state index in [9.17, 15) is 9.59 Å². The number of benzene rings is 1. The second-order valence-corrected chi connectivity index (χ2v) is 5.53. The van der Waals surface area contributed by atoms with E-state index in [0.29, 0.717) is 17.9 Å². The Hall–Kier alpha value is -2.24. The largest absolute Gasteiger partial charge is 0.494 e. The summed E-state index contributed by atoms with van der Waals surface area (Å²) in [5.74, 6) is 0.149. The van der Waals surface area contributed by atoms with Gasteiger partial charge in [-0.15, -0.1) is 0 Å². The Labute approximate surface area is 130 Å². The second-order valence-electron chi connectivity index (χ2n) is 5.53. The predicted molar refractivity (Wildman–Crippen MR) is 82.1 cm³/mol. The molecule has 0 atom stereocenters. The van der Waals surface area contributed by atoms with Crippen LogP contribution in [0.1, 0.15) is 38.1 Å². The van der Waals surface area contributed by atoms with E-state index >= 15 is 0 Å². The van der Waals surface area contributed by atoms with Gasteiger partial charge in [-0.05, 0) is 45.9 Å². The minimum absolute atomic E-state index is 0.0664. The van der Waals surface area contributed by atoms with E-state index in [1.54, 1.807) is 45.0 Å². The van der Waals surface area contributed by atoms with Crippen molar-refractivity contribution in [2.75, 3.05) is 19.8 Å². The third kappa shape index (κ3) is 6.97. The maximum absolute atomic E-state index is 11.9. The minimum Gasteiger partial charge on any atom is -0.494 e. The Morgan fingerprint density at radius 3 is 2.59 bits per heavy atom. The monoisotopic (exact) mass is 309 g/mol. The molecular weight excluding hydrogens is 286 g/mol. The van der Waals surface area contributed by atoms with Gasteiger partial charge in [0, 0.05) is 0 Å². The van der Waals surface area contributed by atoms with Crippen molar-refractivity contribution < 1.29 is 23.8 Å². The molecule has 0 aromatic heterocycles. The number of hydrogen-bond acceptors (Lipinski definition) is 5. The zero-order valence-electron chi connectivity index (χ0n) is 13.5. The van der Waals surface area contributed by atoms with Gasteiger partial charge in [0.25, 0.3) is 0 Å². The van der Waals surface area contributed by atoms with Crippen LogP contribution in [0.5, 0.6) is 5.75 Å². The van der Waals surface area contributed by atoms with E-state index in [1.165, 1.54) is 0 Å². The fourth-order valence-corrected chi connectivity index (χ4v) is 1.57. The summed E-state index contributed by atoms with van der Waals surface area (Å²) in [6, 6.07) is 6.75. The van der Waals surface area contributed by atoms with E-state index in [1.807, 2.05) is 6.92 Å². The summed E-state index contributed by atoms with van der Waals surface area (Å²) in [4.78, 5) is 23.3. The minimum atomic E-state index is -0.555. The van der Waals surface area contributed by atoms with Crippen molar-refractivity contribution in [2.24, 2.45) is 0 Å². The van der Waals surface area contributed by atoms with Crippen molar-refractivity contribution >= 4 is 12.1 Å². The molecule has 0 aliphatic rings.